The zero-order valence-electron chi connectivity index (χ0n) is 22.3. The van der Waals surface area contributed by atoms with Gasteiger partial charge in [-0.2, -0.15) is 18.4 Å². The van der Waals surface area contributed by atoms with E-state index in [2.05, 4.69) is 26.6 Å². The minimum atomic E-state index is -4.76. The first-order valence-corrected chi connectivity index (χ1v) is 12.7. The number of nitriles is 1. The quantitative estimate of drug-likeness (QED) is 0.298. The molecule has 1 N–H and O–H groups in total. The number of nitrogens with zero attached hydrogens (tertiary/aromatic N) is 6. The number of carbonyl (C=O) groups excluding carboxylic acids is 2. The molecule has 0 aliphatic carbocycles. The first-order chi connectivity index (χ1) is 19.5. The molecule has 3 heterocycles. The van der Waals surface area contributed by atoms with Crippen LogP contribution in [0, 0.1) is 17.2 Å². The van der Waals surface area contributed by atoms with Crippen LogP contribution in [0.5, 0.6) is 0 Å². The topological polar surface area (TPSA) is 117 Å². The molecule has 1 aliphatic heterocycles. The highest BCUT2D eigenvalue weighted by Gasteiger charge is 2.41. The van der Waals surface area contributed by atoms with Gasteiger partial charge in [-0.25, -0.2) is 4.98 Å². The Morgan fingerprint density at radius 2 is 1.90 bits per heavy atom. The van der Waals surface area contributed by atoms with Gasteiger partial charge in [0, 0.05) is 30.3 Å². The summed E-state index contributed by atoms with van der Waals surface area (Å²) in [4.78, 5) is 30.6. The van der Waals surface area contributed by atoms with Gasteiger partial charge >= 0.3 is 6.18 Å². The lowest BCUT2D eigenvalue weighted by molar-refractivity contribution is -0.138. The monoisotopic (exact) mass is 559 g/mol. The number of aryl methyl sites for hydroxylation is 1. The maximum absolute atomic E-state index is 13.9. The van der Waals surface area contributed by atoms with Gasteiger partial charge in [0.2, 0.25) is 0 Å². The van der Waals surface area contributed by atoms with Gasteiger partial charge in [0.05, 0.1) is 23.7 Å². The number of anilines is 2. The van der Waals surface area contributed by atoms with Crippen molar-refractivity contribution in [1.82, 2.24) is 19.7 Å². The number of rotatable bonds is 7. The second kappa shape index (κ2) is 10.5. The SMILES string of the molecule is CC(C)CNc1cc(-c2cc(C#N)ccc2-c2nncn2C)cc(N2Cc3c(cc(C=O)cc3C(F)(F)F)C2=O)n1. The van der Waals surface area contributed by atoms with E-state index < -0.39 is 17.6 Å². The summed E-state index contributed by atoms with van der Waals surface area (Å²) in [5, 5.41) is 21.0. The number of pyridine rings is 1. The molecule has 2 aromatic carbocycles. The molecule has 1 aliphatic rings. The lowest BCUT2D eigenvalue weighted by Gasteiger charge is -2.19. The number of nitrogens with one attached hydrogen (secondary N) is 1. The largest absolute Gasteiger partial charge is 0.416 e. The van der Waals surface area contributed by atoms with Crippen molar-refractivity contribution < 1.29 is 22.8 Å². The smallest absolute Gasteiger partial charge is 0.370 e. The number of benzene rings is 2. The standard InChI is InChI=1S/C29H24F3N7O2/c1-16(2)12-34-25-9-19(21-6-17(11-33)4-5-20(21)27-37-35-15-38(27)3)10-26(36-25)39-13-23-22(28(39)41)7-18(14-40)8-24(23)29(30,31)32/h4-10,14-16H,12-13H2,1-3H3,(H,34,36). The highest BCUT2D eigenvalue weighted by Crippen LogP contribution is 2.41. The summed E-state index contributed by atoms with van der Waals surface area (Å²) in [5.74, 6) is 0.579. The van der Waals surface area contributed by atoms with Crippen LogP contribution >= 0.6 is 0 Å². The van der Waals surface area contributed by atoms with E-state index >= 15 is 0 Å². The van der Waals surface area contributed by atoms with Gasteiger partial charge in [-0.05, 0) is 65.1 Å². The van der Waals surface area contributed by atoms with Gasteiger partial charge in [-0.3, -0.25) is 14.5 Å². The van der Waals surface area contributed by atoms with Crippen molar-refractivity contribution in [3.63, 3.8) is 0 Å². The van der Waals surface area contributed by atoms with E-state index in [1.165, 1.54) is 12.4 Å². The second-order valence-electron chi connectivity index (χ2n) is 10.1. The molecule has 5 rings (SSSR count). The molecular weight excluding hydrogens is 535 g/mol. The van der Waals surface area contributed by atoms with Crippen LogP contribution in [0.25, 0.3) is 22.5 Å². The van der Waals surface area contributed by atoms with E-state index in [9.17, 15) is 28.0 Å². The fraction of sp³-hybridized carbons (Fsp3) is 0.241. The van der Waals surface area contributed by atoms with E-state index in [1.807, 2.05) is 13.8 Å². The van der Waals surface area contributed by atoms with Gasteiger partial charge in [0.25, 0.3) is 5.91 Å². The Balaban J connectivity index is 1.68. The van der Waals surface area contributed by atoms with Crippen molar-refractivity contribution in [2.75, 3.05) is 16.8 Å². The molecule has 0 saturated carbocycles. The Bertz CT molecular complexity index is 1720. The molecule has 1 amide bonds. The Hall–Kier alpha value is -5.05. The number of carbonyl (C=O) groups is 2. The maximum atomic E-state index is 13.9. The Labute approximate surface area is 233 Å². The normalized spacial score (nSPS) is 12.9. The van der Waals surface area contributed by atoms with Crippen LogP contribution < -0.4 is 10.2 Å². The molecule has 0 spiro atoms. The number of aldehydes is 1. The van der Waals surface area contributed by atoms with Crippen LogP contribution in [0.15, 0.2) is 48.8 Å². The number of alkyl halides is 3. The van der Waals surface area contributed by atoms with Crippen LogP contribution in [-0.2, 0) is 19.8 Å². The van der Waals surface area contributed by atoms with Gasteiger partial charge in [0.1, 0.15) is 24.2 Å². The number of hydrogen-bond donors (Lipinski definition) is 1. The summed E-state index contributed by atoms with van der Waals surface area (Å²) >= 11 is 0. The molecule has 0 saturated heterocycles. The molecule has 12 heteroatoms. The molecule has 0 unspecified atom stereocenters. The lowest BCUT2D eigenvalue weighted by Crippen LogP contribution is -2.24. The van der Waals surface area contributed by atoms with Gasteiger partial charge in [0.15, 0.2) is 5.82 Å². The highest BCUT2D eigenvalue weighted by atomic mass is 19.4. The first kappa shape index (κ1) is 27.5. The van der Waals surface area contributed by atoms with Crippen molar-refractivity contribution in [2.45, 2.75) is 26.6 Å². The zero-order chi connectivity index (χ0) is 29.5. The van der Waals surface area contributed by atoms with Crippen LogP contribution in [0.1, 0.15) is 51.3 Å². The molecule has 2 aromatic heterocycles. The number of aromatic nitrogens is 4. The van der Waals surface area contributed by atoms with Gasteiger partial charge in [-0.1, -0.05) is 13.8 Å². The van der Waals surface area contributed by atoms with E-state index in [1.54, 1.807) is 41.9 Å². The Morgan fingerprint density at radius 3 is 2.54 bits per heavy atom. The zero-order valence-corrected chi connectivity index (χ0v) is 22.3. The van der Waals surface area contributed by atoms with Crippen molar-refractivity contribution in [2.24, 2.45) is 13.0 Å². The van der Waals surface area contributed by atoms with Crippen molar-refractivity contribution in [3.05, 3.63) is 76.6 Å². The average Bonchev–Trinajstić information content (AvgIpc) is 3.52. The third-order valence-electron chi connectivity index (χ3n) is 6.70. The van der Waals surface area contributed by atoms with Gasteiger partial charge in [-0.15, -0.1) is 10.2 Å². The van der Waals surface area contributed by atoms with Gasteiger partial charge < -0.3 is 9.88 Å². The number of halogens is 3. The van der Waals surface area contributed by atoms with E-state index in [4.69, 9.17) is 0 Å². The van der Waals surface area contributed by atoms with E-state index in [0.717, 1.165) is 11.0 Å². The fourth-order valence-corrected chi connectivity index (χ4v) is 4.72. The molecule has 0 bridgehead atoms. The van der Waals surface area contributed by atoms with E-state index in [-0.39, 0.29) is 41.3 Å². The van der Waals surface area contributed by atoms with Crippen LogP contribution in [0.4, 0.5) is 24.8 Å². The van der Waals surface area contributed by atoms with Crippen LogP contribution in [0.2, 0.25) is 0 Å². The van der Waals surface area contributed by atoms with E-state index in [0.29, 0.717) is 40.4 Å². The maximum Gasteiger partial charge on any atom is 0.416 e. The predicted molar refractivity (Wildman–Crippen MR) is 145 cm³/mol. The summed E-state index contributed by atoms with van der Waals surface area (Å²) in [6.07, 6.45) is -2.94. The lowest BCUT2D eigenvalue weighted by atomic mass is 9.97. The Kier molecular flexibility index (Phi) is 7.04. The highest BCUT2D eigenvalue weighted by molar-refractivity contribution is 6.11. The molecule has 41 heavy (non-hydrogen) atoms. The minimum absolute atomic E-state index is 0.113. The predicted octanol–water partition coefficient (Wildman–Crippen LogP) is 5.48. The minimum Gasteiger partial charge on any atom is -0.370 e. The summed E-state index contributed by atoms with van der Waals surface area (Å²) < 4.78 is 43.5. The number of hydrogen-bond acceptors (Lipinski definition) is 7. The van der Waals surface area contributed by atoms with Crippen LogP contribution in [0.3, 0.4) is 0 Å². The molecule has 0 radical (unpaired) electrons. The summed E-state index contributed by atoms with van der Waals surface area (Å²) in [7, 11) is 1.77. The molecule has 208 valence electrons. The summed E-state index contributed by atoms with van der Waals surface area (Å²) in [6.45, 7) is 4.17. The fourth-order valence-electron chi connectivity index (χ4n) is 4.72. The summed E-state index contributed by atoms with van der Waals surface area (Å²) in [5.41, 5.74) is 0.496. The molecule has 9 nitrogen and oxygen atoms in total. The molecular formula is C29H24F3N7O2. The third-order valence-corrected chi connectivity index (χ3v) is 6.70. The number of fused-ring (bicyclic) bond motifs is 1. The Morgan fingerprint density at radius 1 is 1.12 bits per heavy atom. The number of amides is 1. The molecule has 0 fully saturated rings. The average molecular weight is 560 g/mol. The second-order valence-corrected chi connectivity index (χ2v) is 10.1. The molecule has 0 atom stereocenters. The first-order valence-electron chi connectivity index (χ1n) is 12.7. The van der Waals surface area contributed by atoms with Crippen molar-refractivity contribution >= 4 is 23.8 Å². The summed E-state index contributed by atoms with van der Waals surface area (Å²) in [6, 6.07) is 12.5. The third kappa shape index (κ3) is 5.26. The van der Waals surface area contributed by atoms with Crippen molar-refractivity contribution in [1.29, 1.82) is 5.26 Å². The molecule has 4 aromatic rings. The van der Waals surface area contributed by atoms with Crippen molar-refractivity contribution in [3.8, 4) is 28.6 Å². The van der Waals surface area contributed by atoms with Crippen LogP contribution in [-0.4, -0.2) is 38.5 Å².